The smallest absolute Gasteiger partial charge is 0.308 e. The lowest BCUT2D eigenvalue weighted by atomic mass is 9.92. The molecule has 3 fully saturated rings. The van der Waals surface area contributed by atoms with Crippen LogP contribution < -0.4 is 4.90 Å². The molecule has 1 aromatic rings. The van der Waals surface area contributed by atoms with Crippen molar-refractivity contribution in [1.82, 2.24) is 4.90 Å². The first-order valence-corrected chi connectivity index (χ1v) is 9.00. The molecule has 4 rings (SSSR count). The number of carboxylic acid groups (broad SMARTS) is 1. The summed E-state index contributed by atoms with van der Waals surface area (Å²) in [5.74, 6) is -0.550. The third-order valence-electron chi connectivity index (χ3n) is 5.78. The van der Waals surface area contributed by atoms with Crippen molar-refractivity contribution in [2.45, 2.75) is 25.7 Å². The van der Waals surface area contributed by atoms with Crippen LogP contribution in [0.4, 0.5) is 5.69 Å². The summed E-state index contributed by atoms with van der Waals surface area (Å²) in [4.78, 5) is 28.3. The molecule has 2 atom stereocenters. The maximum Gasteiger partial charge on any atom is 0.308 e. The number of carboxylic acids is 1. The van der Waals surface area contributed by atoms with Crippen molar-refractivity contribution in [2.24, 2.45) is 17.8 Å². The predicted octanol–water partition coefficient (Wildman–Crippen LogP) is 2.47. The summed E-state index contributed by atoms with van der Waals surface area (Å²) in [5, 5.41) is 9.44. The van der Waals surface area contributed by atoms with Crippen LogP contribution in [0.15, 0.2) is 24.3 Å². The van der Waals surface area contributed by atoms with E-state index in [0.717, 1.165) is 25.9 Å². The number of carbonyl (C=O) groups is 2. The first-order chi connectivity index (χ1) is 11.6. The van der Waals surface area contributed by atoms with Gasteiger partial charge in [0, 0.05) is 37.4 Å². The first kappa shape index (κ1) is 15.5. The number of hydrogen-bond acceptors (Lipinski definition) is 3. The molecule has 0 aromatic heterocycles. The third-order valence-corrected chi connectivity index (χ3v) is 5.78. The second-order valence-electron chi connectivity index (χ2n) is 7.40. The van der Waals surface area contributed by atoms with E-state index in [1.807, 2.05) is 24.3 Å². The topological polar surface area (TPSA) is 60.9 Å². The Morgan fingerprint density at radius 1 is 1.00 bits per heavy atom. The molecule has 1 saturated carbocycles. The van der Waals surface area contributed by atoms with E-state index < -0.39 is 11.9 Å². The highest BCUT2D eigenvalue weighted by Crippen LogP contribution is 2.44. The molecule has 1 aliphatic carbocycles. The average molecular weight is 328 g/mol. The SMILES string of the molecule is O=C(O)[C@@H]1CN(C(=O)c2ccc(N3CCCC3)cc2)C[C@H]1C1CC1. The molecular formula is C19H24N2O3. The maximum atomic E-state index is 12.8. The molecular weight excluding hydrogens is 304 g/mol. The Bertz CT molecular complexity index is 633. The van der Waals surface area contributed by atoms with Gasteiger partial charge in [-0.1, -0.05) is 0 Å². The number of nitrogens with zero attached hydrogens (tertiary/aromatic N) is 2. The van der Waals surface area contributed by atoms with Crippen molar-refractivity contribution < 1.29 is 14.7 Å². The lowest BCUT2D eigenvalue weighted by Crippen LogP contribution is -2.30. The fourth-order valence-electron chi connectivity index (χ4n) is 4.23. The van der Waals surface area contributed by atoms with Gasteiger partial charge in [0.15, 0.2) is 0 Å². The molecule has 3 aliphatic rings. The van der Waals surface area contributed by atoms with E-state index >= 15 is 0 Å². The van der Waals surface area contributed by atoms with Gasteiger partial charge in [0.05, 0.1) is 5.92 Å². The van der Waals surface area contributed by atoms with Crippen molar-refractivity contribution in [3.63, 3.8) is 0 Å². The molecule has 5 nitrogen and oxygen atoms in total. The van der Waals surface area contributed by atoms with Gasteiger partial charge in [0.25, 0.3) is 5.91 Å². The van der Waals surface area contributed by atoms with Crippen LogP contribution in [0.2, 0.25) is 0 Å². The van der Waals surface area contributed by atoms with E-state index in [0.29, 0.717) is 24.6 Å². The summed E-state index contributed by atoms with van der Waals surface area (Å²) in [6, 6.07) is 7.80. The Labute approximate surface area is 142 Å². The van der Waals surface area contributed by atoms with Crippen molar-refractivity contribution in [2.75, 3.05) is 31.1 Å². The Hall–Kier alpha value is -2.04. The fraction of sp³-hybridized carbons (Fsp3) is 0.579. The van der Waals surface area contributed by atoms with Gasteiger partial charge in [-0.05, 0) is 61.8 Å². The van der Waals surface area contributed by atoms with Gasteiger partial charge in [-0.15, -0.1) is 0 Å². The maximum absolute atomic E-state index is 12.8. The lowest BCUT2D eigenvalue weighted by Gasteiger charge is -2.19. The zero-order valence-electron chi connectivity index (χ0n) is 13.9. The first-order valence-electron chi connectivity index (χ1n) is 9.00. The zero-order chi connectivity index (χ0) is 16.7. The standard InChI is InChI=1S/C19H24N2O3/c22-18(14-5-7-15(8-6-14)20-9-1-2-10-20)21-11-16(13-3-4-13)17(12-21)19(23)24/h5-8,13,16-17H,1-4,9-12H2,(H,23,24)/t16-,17+/m0/s1. The Kier molecular flexibility index (Phi) is 3.94. The molecule has 0 radical (unpaired) electrons. The number of anilines is 1. The minimum atomic E-state index is -0.758. The Balaban J connectivity index is 1.46. The largest absolute Gasteiger partial charge is 0.481 e. The van der Waals surface area contributed by atoms with Gasteiger partial charge >= 0.3 is 5.97 Å². The molecule has 1 N–H and O–H groups in total. The molecule has 2 heterocycles. The second kappa shape index (κ2) is 6.11. The molecule has 1 amide bonds. The Morgan fingerprint density at radius 2 is 1.67 bits per heavy atom. The summed E-state index contributed by atoms with van der Waals surface area (Å²) < 4.78 is 0. The van der Waals surface area contributed by atoms with Crippen LogP contribution in [0.25, 0.3) is 0 Å². The average Bonchev–Trinajstić information content (AvgIpc) is 3.13. The summed E-state index contributed by atoms with van der Waals surface area (Å²) in [6.45, 7) is 3.11. The van der Waals surface area contributed by atoms with Gasteiger partial charge in [-0.2, -0.15) is 0 Å². The predicted molar refractivity (Wildman–Crippen MR) is 91.1 cm³/mol. The lowest BCUT2D eigenvalue weighted by molar-refractivity contribution is -0.142. The van der Waals surface area contributed by atoms with E-state index in [1.54, 1.807) is 4.90 Å². The van der Waals surface area contributed by atoms with Crippen molar-refractivity contribution in [3.05, 3.63) is 29.8 Å². The number of carbonyl (C=O) groups excluding carboxylic acids is 1. The molecule has 5 heteroatoms. The zero-order valence-corrected chi connectivity index (χ0v) is 13.9. The van der Waals surface area contributed by atoms with Gasteiger partial charge in [-0.25, -0.2) is 0 Å². The van der Waals surface area contributed by atoms with Crippen LogP contribution in [0, 0.1) is 17.8 Å². The minimum absolute atomic E-state index is 0.0302. The van der Waals surface area contributed by atoms with Crippen LogP contribution in [-0.4, -0.2) is 48.1 Å². The van der Waals surface area contributed by atoms with E-state index in [-0.39, 0.29) is 11.8 Å². The quantitative estimate of drug-likeness (QED) is 0.922. The van der Waals surface area contributed by atoms with Crippen LogP contribution in [0.3, 0.4) is 0 Å². The highest BCUT2D eigenvalue weighted by atomic mass is 16.4. The monoisotopic (exact) mass is 328 g/mol. The fourth-order valence-corrected chi connectivity index (χ4v) is 4.23. The van der Waals surface area contributed by atoms with Crippen molar-refractivity contribution >= 4 is 17.6 Å². The summed E-state index contributed by atoms with van der Waals surface area (Å²) in [5.41, 5.74) is 1.84. The van der Waals surface area contributed by atoms with Crippen molar-refractivity contribution in [1.29, 1.82) is 0 Å². The van der Waals surface area contributed by atoms with Crippen LogP contribution in [0.5, 0.6) is 0 Å². The number of amides is 1. The summed E-state index contributed by atoms with van der Waals surface area (Å²) >= 11 is 0. The summed E-state index contributed by atoms with van der Waals surface area (Å²) in [7, 11) is 0. The molecule has 0 spiro atoms. The van der Waals surface area contributed by atoms with E-state index in [1.165, 1.54) is 18.5 Å². The van der Waals surface area contributed by atoms with Crippen LogP contribution in [0.1, 0.15) is 36.0 Å². The van der Waals surface area contributed by atoms with E-state index in [2.05, 4.69) is 4.90 Å². The number of likely N-dealkylation sites (tertiary alicyclic amines) is 1. The van der Waals surface area contributed by atoms with Crippen LogP contribution in [-0.2, 0) is 4.79 Å². The second-order valence-corrected chi connectivity index (χ2v) is 7.40. The molecule has 2 aliphatic heterocycles. The van der Waals surface area contributed by atoms with Gasteiger partial charge in [0.1, 0.15) is 0 Å². The molecule has 1 aromatic carbocycles. The van der Waals surface area contributed by atoms with Gasteiger partial charge in [0.2, 0.25) is 0 Å². The molecule has 0 unspecified atom stereocenters. The normalized spacial score (nSPS) is 26.8. The van der Waals surface area contributed by atoms with Crippen LogP contribution >= 0.6 is 0 Å². The van der Waals surface area contributed by atoms with E-state index in [9.17, 15) is 14.7 Å². The van der Waals surface area contributed by atoms with E-state index in [4.69, 9.17) is 0 Å². The summed E-state index contributed by atoms with van der Waals surface area (Å²) in [6.07, 6.45) is 4.68. The van der Waals surface area contributed by atoms with Gasteiger partial charge < -0.3 is 14.9 Å². The molecule has 0 bridgehead atoms. The molecule has 128 valence electrons. The Morgan fingerprint density at radius 3 is 2.25 bits per heavy atom. The highest BCUT2D eigenvalue weighted by Gasteiger charge is 2.46. The van der Waals surface area contributed by atoms with Gasteiger partial charge in [-0.3, -0.25) is 9.59 Å². The molecule has 24 heavy (non-hydrogen) atoms. The number of benzene rings is 1. The minimum Gasteiger partial charge on any atom is -0.481 e. The number of aliphatic carboxylic acids is 1. The number of hydrogen-bond donors (Lipinski definition) is 1. The highest BCUT2D eigenvalue weighted by molar-refractivity contribution is 5.95. The molecule has 2 saturated heterocycles. The number of rotatable bonds is 4. The van der Waals surface area contributed by atoms with Crippen molar-refractivity contribution in [3.8, 4) is 0 Å². The third kappa shape index (κ3) is 2.87.